The number of imidazole rings is 1. The molecule has 8 heteroatoms. The van der Waals surface area contributed by atoms with E-state index in [0.717, 1.165) is 0 Å². The standard InChI is InChI=1S/C9H11N5O2S/c1-3-16-9(15)7-8(10)14(5(2)12-7)6-4-11-13-17-6/h4H,3,10H2,1-2H3. The molecule has 0 radical (unpaired) electrons. The largest absolute Gasteiger partial charge is 0.461 e. The highest BCUT2D eigenvalue weighted by molar-refractivity contribution is 7.08. The molecule has 2 aromatic rings. The van der Waals surface area contributed by atoms with Crippen molar-refractivity contribution in [3.05, 3.63) is 17.7 Å². The molecule has 2 heterocycles. The van der Waals surface area contributed by atoms with Crippen molar-refractivity contribution in [1.82, 2.24) is 19.1 Å². The zero-order valence-corrected chi connectivity index (χ0v) is 10.2. The molecule has 2 aromatic heterocycles. The van der Waals surface area contributed by atoms with Gasteiger partial charge in [0.25, 0.3) is 0 Å². The van der Waals surface area contributed by atoms with Gasteiger partial charge in [0, 0.05) is 11.5 Å². The van der Waals surface area contributed by atoms with Crippen LogP contribution in [0.2, 0.25) is 0 Å². The lowest BCUT2D eigenvalue weighted by Crippen LogP contribution is -2.09. The minimum Gasteiger partial charge on any atom is -0.461 e. The van der Waals surface area contributed by atoms with Crippen LogP contribution in [-0.4, -0.2) is 31.7 Å². The van der Waals surface area contributed by atoms with Crippen LogP contribution in [-0.2, 0) is 4.74 Å². The highest BCUT2D eigenvalue weighted by Crippen LogP contribution is 2.22. The summed E-state index contributed by atoms with van der Waals surface area (Å²) in [6.07, 6.45) is 1.56. The third-order valence-corrected chi connectivity index (χ3v) is 2.77. The lowest BCUT2D eigenvalue weighted by molar-refractivity contribution is 0.0521. The molecule has 0 aliphatic carbocycles. The van der Waals surface area contributed by atoms with Gasteiger partial charge in [0.2, 0.25) is 0 Å². The van der Waals surface area contributed by atoms with Gasteiger partial charge in [-0.25, -0.2) is 9.78 Å². The summed E-state index contributed by atoms with van der Waals surface area (Å²) in [5.74, 6) is 0.313. The molecule has 0 saturated carbocycles. The van der Waals surface area contributed by atoms with Crippen LogP contribution in [0.3, 0.4) is 0 Å². The molecule has 7 nitrogen and oxygen atoms in total. The van der Waals surface area contributed by atoms with E-state index in [9.17, 15) is 4.79 Å². The van der Waals surface area contributed by atoms with E-state index in [1.165, 1.54) is 11.5 Å². The lowest BCUT2D eigenvalue weighted by Gasteiger charge is -2.02. The molecular weight excluding hydrogens is 242 g/mol. The Hall–Kier alpha value is -1.96. The third-order valence-electron chi connectivity index (χ3n) is 2.12. The number of anilines is 1. The predicted octanol–water partition coefficient (Wildman–Crippen LogP) is 0.791. The van der Waals surface area contributed by atoms with Crippen LogP contribution in [0.15, 0.2) is 6.20 Å². The summed E-state index contributed by atoms with van der Waals surface area (Å²) in [6.45, 7) is 3.76. The van der Waals surface area contributed by atoms with E-state index in [-0.39, 0.29) is 18.1 Å². The van der Waals surface area contributed by atoms with Gasteiger partial charge in [-0.05, 0) is 13.8 Å². The van der Waals surface area contributed by atoms with Crippen LogP contribution in [0.1, 0.15) is 23.2 Å². The Morgan fingerprint density at radius 2 is 2.41 bits per heavy atom. The second-order valence-corrected chi connectivity index (χ2v) is 3.97. The van der Waals surface area contributed by atoms with E-state index in [2.05, 4.69) is 14.6 Å². The molecule has 0 aliphatic heterocycles. The Morgan fingerprint density at radius 3 is 3.00 bits per heavy atom. The van der Waals surface area contributed by atoms with Crippen molar-refractivity contribution >= 4 is 23.3 Å². The number of aromatic nitrogens is 4. The van der Waals surface area contributed by atoms with E-state index < -0.39 is 5.97 Å². The second kappa shape index (κ2) is 4.50. The Bertz CT molecular complexity index is 534. The molecule has 0 saturated heterocycles. The lowest BCUT2D eigenvalue weighted by atomic mass is 10.4. The van der Waals surface area contributed by atoms with Crippen molar-refractivity contribution in [2.45, 2.75) is 13.8 Å². The number of nitrogens with two attached hydrogens (primary N) is 1. The normalized spacial score (nSPS) is 10.5. The first-order valence-electron chi connectivity index (χ1n) is 4.94. The number of ether oxygens (including phenoxy) is 1. The zero-order chi connectivity index (χ0) is 12.4. The molecule has 0 unspecified atom stereocenters. The Balaban J connectivity index is 2.46. The van der Waals surface area contributed by atoms with Crippen LogP contribution >= 0.6 is 11.5 Å². The SMILES string of the molecule is CCOC(=O)c1nc(C)n(-c2cnns2)c1N. The summed E-state index contributed by atoms with van der Waals surface area (Å²) in [6, 6.07) is 0. The summed E-state index contributed by atoms with van der Waals surface area (Å²) in [5.41, 5.74) is 6.00. The van der Waals surface area contributed by atoms with Gasteiger partial charge >= 0.3 is 5.97 Å². The van der Waals surface area contributed by atoms with Crippen molar-refractivity contribution in [1.29, 1.82) is 0 Å². The van der Waals surface area contributed by atoms with Gasteiger partial charge in [-0.15, -0.1) is 5.10 Å². The second-order valence-electron chi connectivity index (χ2n) is 3.20. The average molecular weight is 253 g/mol. The fourth-order valence-corrected chi connectivity index (χ4v) is 2.02. The molecule has 0 aliphatic rings. The monoisotopic (exact) mass is 253 g/mol. The highest BCUT2D eigenvalue weighted by atomic mass is 32.1. The van der Waals surface area contributed by atoms with Crippen molar-refractivity contribution in [3.8, 4) is 5.00 Å². The van der Waals surface area contributed by atoms with E-state index in [1.807, 2.05) is 0 Å². The van der Waals surface area contributed by atoms with E-state index in [4.69, 9.17) is 10.5 Å². The molecule has 17 heavy (non-hydrogen) atoms. The molecule has 0 atom stereocenters. The molecule has 0 spiro atoms. The molecule has 2 rings (SSSR count). The summed E-state index contributed by atoms with van der Waals surface area (Å²) in [7, 11) is 0. The average Bonchev–Trinajstić information content (AvgIpc) is 2.87. The molecule has 0 bridgehead atoms. The number of carbonyl (C=O) groups is 1. The fraction of sp³-hybridized carbons (Fsp3) is 0.333. The first-order valence-corrected chi connectivity index (χ1v) is 5.72. The van der Waals surface area contributed by atoms with Gasteiger partial charge in [-0.2, -0.15) is 0 Å². The Labute approximate surface area is 101 Å². The molecule has 0 amide bonds. The third kappa shape index (κ3) is 1.98. The zero-order valence-electron chi connectivity index (χ0n) is 9.38. The van der Waals surface area contributed by atoms with E-state index in [0.29, 0.717) is 10.8 Å². The van der Waals surface area contributed by atoms with Gasteiger partial charge in [-0.1, -0.05) is 4.49 Å². The van der Waals surface area contributed by atoms with Crippen LogP contribution < -0.4 is 5.73 Å². The van der Waals surface area contributed by atoms with Crippen LogP contribution in [0, 0.1) is 6.92 Å². The first kappa shape index (κ1) is 11.5. The number of carbonyl (C=O) groups excluding carboxylic acids is 1. The van der Waals surface area contributed by atoms with Crippen LogP contribution in [0.5, 0.6) is 0 Å². The van der Waals surface area contributed by atoms with Crippen LogP contribution in [0.25, 0.3) is 5.00 Å². The Kier molecular flexibility index (Phi) is 3.05. The molecule has 0 aromatic carbocycles. The number of nitrogen functional groups attached to an aromatic ring is 1. The number of aryl methyl sites for hydroxylation is 1. The maximum absolute atomic E-state index is 11.6. The van der Waals surface area contributed by atoms with Gasteiger partial charge in [0.15, 0.2) is 5.69 Å². The molecule has 2 N–H and O–H groups in total. The number of nitrogens with zero attached hydrogens (tertiary/aromatic N) is 4. The first-order chi connectivity index (χ1) is 8.15. The molecule has 90 valence electrons. The van der Waals surface area contributed by atoms with E-state index in [1.54, 1.807) is 24.6 Å². The number of hydrogen-bond donors (Lipinski definition) is 1. The van der Waals surface area contributed by atoms with Crippen molar-refractivity contribution in [3.63, 3.8) is 0 Å². The smallest absolute Gasteiger partial charge is 0.360 e. The van der Waals surface area contributed by atoms with E-state index >= 15 is 0 Å². The Morgan fingerprint density at radius 1 is 1.65 bits per heavy atom. The van der Waals surface area contributed by atoms with Gasteiger partial charge in [0.1, 0.15) is 16.6 Å². The maximum Gasteiger partial charge on any atom is 0.360 e. The number of hydrogen-bond acceptors (Lipinski definition) is 7. The summed E-state index contributed by atoms with van der Waals surface area (Å²) in [4.78, 5) is 15.7. The minimum absolute atomic E-state index is 0.123. The van der Waals surface area contributed by atoms with Crippen molar-refractivity contribution < 1.29 is 9.53 Å². The number of esters is 1. The van der Waals surface area contributed by atoms with Gasteiger partial charge < -0.3 is 10.5 Å². The maximum atomic E-state index is 11.6. The quantitative estimate of drug-likeness (QED) is 0.812. The van der Waals surface area contributed by atoms with Crippen molar-refractivity contribution in [2.75, 3.05) is 12.3 Å². The highest BCUT2D eigenvalue weighted by Gasteiger charge is 2.21. The minimum atomic E-state index is -0.524. The predicted molar refractivity (Wildman–Crippen MR) is 62.1 cm³/mol. The topological polar surface area (TPSA) is 95.9 Å². The van der Waals surface area contributed by atoms with Gasteiger partial charge in [-0.3, -0.25) is 4.57 Å². The van der Waals surface area contributed by atoms with Crippen LogP contribution in [0.4, 0.5) is 5.82 Å². The summed E-state index contributed by atoms with van der Waals surface area (Å²) in [5, 5.41) is 4.43. The van der Waals surface area contributed by atoms with Crippen molar-refractivity contribution in [2.24, 2.45) is 0 Å². The van der Waals surface area contributed by atoms with Gasteiger partial charge in [0.05, 0.1) is 12.8 Å². The fourth-order valence-electron chi connectivity index (χ4n) is 1.44. The number of rotatable bonds is 3. The summed E-state index contributed by atoms with van der Waals surface area (Å²) < 4.78 is 10.2. The molecule has 0 fully saturated rings. The summed E-state index contributed by atoms with van der Waals surface area (Å²) >= 11 is 1.17. The molecular formula is C9H11N5O2S.